The van der Waals surface area contributed by atoms with Gasteiger partial charge in [0, 0.05) is 11.6 Å². The Morgan fingerprint density at radius 3 is 2.28 bits per heavy atom. The van der Waals surface area contributed by atoms with Crippen LogP contribution in [0.5, 0.6) is 0 Å². The molecule has 1 unspecified atom stereocenters. The Morgan fingerprint density at radius 2 is 1.59 bits per heavy atom. The summed E-state index contributed by atoms with van der Waals surface area (Å²) in [4.78, 5) is 17.5. The highest BCUT2D eigenvalue weighted by Crippen LogP contribution is 2.23. The number of para-hydroxylation sites is 2. The fraction of sp³-hybridized carbons (Fsp3) is 0.259. The van der Waals surface area contributed by atoms with Gasteiger partial charge in [-0.15, -0.1) is 0 Å². The second kappa shape index (κ2) is 9.58. The van der Waals surface area contributed by atoms with Gasteiger partial charge in [0.1, 0.15) is 5.82 Å². The van der Waals surface area contributed by atoms with Crippen LogP contribution < -0.4 is 5.32 Å². The van der Waals surface area contributed by atoms with Crippen LogP contribution in [-0.4, -0.2) is 15.5 Å². The van der Waals surface area contributed by atoms with Crippen molar-refractivity contribution in [2.45, 2.75) is 45.7 Å². The topological polar surface area (TPSA) is 46.9 Å². The van der Waals surface area contributed by atoms with E-state index in [-0.39, 0.29) is 11.9 Å². The summed E-state index contributed by atoms with van der Waals surface area (Å²) in [5.74, 6) is 1.31. The molecule has 4 rings (SSSR count). The van der Waals surface area contributed by atoms with Crippen molar-refractivity contribution in [1.82, 2.24) is 14.9 Å². The molecule has 0 aliphatic rings. The number of aromatic nitrogens is 2. The highest BCUT2D eigenvalue weighted by atomic mass is 35.5. The zero-order valence-corrected chi connectivity index (χ0v) is 19.4. The van der Waals surface area contributed by atoms with Crippen LogP contribution in [0.3, 0.4) is 0 Å². The van der Waals surface area contributed by atoms with Gasteiger partial charge in [0.2, 0.25) is 5.91 Å². The van der Waals surface area contributed by atoms with Gasteiger partial charge in [-0.1, -0.05) is 74.0 Å². The molecule has 1 amide bonds. The lowest BCUT2D eigenvalue weighted by Crippen LogP contribution is -2.30. The van der Waals surface area contributed by atoms with Gasteiger partial charge in [0.15, 0.2) is 0 Å². The van der Waals surface area contributed by atoms with Crippen molar-refractivity contribution in [1.29, 1.82) is 0 Å². The first-order valence-corrected chi connectivity index (χ1v) is 11.4. The predicted octanol–water partition coefficient (Wildman–Crippen LogP) is 6.28. The molecule has 4 aromatic rings. The summed E-state index contributed by atoms with van der Waals surface area (Å²) in [7, 11) is 0. The van der Waals surface area contributed by atoms with Crippen LogP contribution in [0, 0.1) is 0 Å². The maximum absolute atomic E-state index is 12.7. The lowest BCUT2D eigenvalue weighted by Gasteiger charge is -2.17. The Kier molecular flexibility index (Phi) is 6.61. The number of nitrogens with zero attached hydrogens (tertiary/aromatic N) is 2. The predicted molar refractivity (Wildman–Crippen MR) is 131 cm³/mol. The number of hydrogen-bond acceptors (Lipinski definition) is 2. The molecule has 0 radical (unpaired) electrons. The molecule has 0 fully saturated rings. The van der Waals surface area contributed by atoms with Crippen molar-refractivity contribution < 1.29 is 4.79 Å². The number of imidazole rings is 1. The van der Waals surface area contributed by atoms with E-state index in [0.717, 1.165) is 22.4 Å². The van der Waals surface area contributed by atoms with E-state index >= 15 is 0 Å². The third-order valence-corrected chi connectivity index (χ3v) is 5.97. The van der Waals surface area contributed by atoms with Gasteiger partial charge in [0.05, 0.1) is 23.5 Å². The number of benzene rings is 3. The van der Waals surface area contributed by atoms with Crippen molar-refractivity contribution in [3.8, 4) is 0 Å². The molecule has 4 nitrogen and oxygen atoms in total. The van der Waals surface area contributed by atoms with Gasteiger partial charge < -0.3 is 9.88 Å². The number of rotatable bonds is 7. The van der Waals surface area contributed by atoms with Crippen LogP contribution in [0.2, 0.25) is 5.02 Å². The standard InChI is InChI=1S/C27H28ClN3O/c1-18(2)22-12-8-21(9-13-22)17-31-25-7-5-4-6-24(25)30-27(31)19(3)29-26(32)16-20-10-14-23(28)15-11-20/h4-15,18-19H,16-17H2,1-3H3,(H,29,32). The van der Waals surface area contributed by atoms with Gasteiger partial charge >= 0.3 is 0 Å². The summed E-state index contributed by atoms with van der Waals surface area (Å²) in [6.07, 6.45) is 0.304. The van der Waals surface area contributed by atoms with Crippen LogP contribution in [-0.2, 0) is 17.8 Å². The van der Waals surface area contributed by atoms with Crippen LogP contribution in [0.25, 0.3) is 11.0 Å². The van der Waals surface area contributed by atoms with Crippen LogP contribution >= 0.6 is 11.6 Å². The first-order valence-electron chi connectivity index (χ1n) is 11.0. The average Bonchev–Trinajstić information content (AvgIpc) is 3.14. The molecule has 0 aliphatic heterocycles. The van der Waals surface area contributed by atoms with Crippen molar-refractivity contribution in [2.75, 3.05) is 0 Å². The molecule has 5 heteroatoms. The number of nitrogens with one attached hydrogen (secondary N) is 1. The maximum atomic E-state index is 12.7. The summed E-state index contributed by atoms with van der Waals surface area (Å²) in [5.41, 5.74) is 5.46. The smallest absolute Gasteiger partial charge is 0.224 e. The summed E-state index contributed by atoms with van der Waals surface area (Å²) in [6, 6.07) is 24.0. The number of carbonyl (C=O) groups is 1. The maximum Gasteiger partial charge on any atom is 0.224 e. The molecule has 0 saturated heterocycles. The van der Waals surface area contributed by atoms with Crippen LogP contribution in [0.1, 0.15) is 55.2 Å². The summed E-state index contributed by atoms with van der Waals surface area (Å²) in [5, 5.41) is 3.78. The van der Waals surface area contributed by atoms with E-state index in [1.807, 2.05) is 37.3 Å². The monoisotopic (exact) mass is 445 g/mol. The zero-order chi connectivity index (χ0) is 22.7. The van der Waals surface area contributed by atoms with Crippen LogP contribution in [0.15, 0.2) is 72.8 Å². The van der Waals surface area contributed by atoms with Gasteiger partial charge in [-0.05, 0) is 53.8 Å². The summed E-state index contributed by atoms with van der Waals surface area (Å²) in [6.45, 7) is 7.08. The Labute approximate surface area is 194 Å². The fourth-order valence-corrected chi connectivity index (χ4v) is 4.05. The van der Waals surface area contributed by atoms with Gasteiger partial charge in [0.25, 0.3) is 0 Å². The second-order valence-corrected chi connectivity index (χ2v) is 8.97. The van der Waals surface area contributed by atoms with E-state index in [1.165, 1.54) is 11.1 Å². The van der Waals surface area contributed by atoms with E-state index in [0.29, 0.717) is 23.9 Å². The minimum absolute atomic E-state index is 0.0419. The third-order valence-electron chi connectivity index (χ3n) is 5.71. The molecule has 32 heavy (non-hydrogen) atoms. The SMILES string of the molecule is CC(C)c1ccc(Cn2c(C(C)NC(=O)Cc3ccc(Cl)cc3)nc3ccccc32)cc1. The van der Waals surface area contributed by atoms with Crippen molar-refractivity contribution in [3.05, 3.63) is 100 Å². The molecule has 0 spiro atoms. The van der Waals surface area contributed by atoms with Crippen LogP contribution in [0.4, 0.5) is 0 Å². The average molecular weight is 446 g/mol. The molecular weight excluding hydrogens is 418 g/mol. The van der Waals surface area contributed by atoms with E-state index < -0.39 is 0 Å². The Balaban J connectivity index is 1.57. The Morgan fingerprint density at radius 1 is 0.938 bits per heavy atom. The summed E-state index contributed by atoms with van der Waals surface area (Å²) < 4.78 is 2.20. The van der Waals surface area contributed by atoms with E-state index in [1.54, 1.807) is 12.1 Å². The normalized spacial score (nSPS) is 12.3. The molecule has 1 aromatic heterocycles. The molecule has 1 atom stereocenters. The van der Waals surface area contributed by atoms with Gasteiger partial charge in [-0.25, -0.2) is 4.98 Å². The number of hydrogen-bond donors (Lipinski definition) is 1. The second-order valence-electron chi connectivity index (χ2n) is 8.53. The zero-order valence-electron chi connectivity index (χ0n) is 18.7. The number of amides is 1. The number of halogens is 1. The number of carbonyl (C=O) groups excluding carboxylic acids is 1. The van der Waals surface area contributed by atoms with E-state index in [4.69, 9.17) is 16.6 Å². The molecule has 0 aliphatic carbocycles. The summed E-state index contributed by atoms with van der Waals surface area (Å²) >= 11 is 5.95. The van der Waals surface area contributed by atoms with Crippen molar-refractivity contribution in [3.63, 3.8) is 0 Å². The fourth-order valence-electron chi connectivity index (χ4n) is 3.93. The molecule has 0 saturated carbocycles. The molecule has 1 heterocycles. The minimum atomic E-state index is -0.225. The molecule has 3 aromatic carbocycles. The van der Waals surface area contributed by atoms with Crippen molar-refractivity contribution in [2.24, 2.45) is 0 Å². The molecular formula is C27H28ClN3O. The first kappa shape index (κ1) is 22.1. The molecule has 164 valence electrons. The molecule has 0 bridgehead atoms. The largest absolute Gasteiger partial charge is 0.346 e. The highest BCUT2D eigenvalue weighted by Gasteiger charge is 2.19. The lowest BCUT2D eigenvalue weighted by molar-refractivity contribution is -0.121. The third kappa shape index (κ3) is 5.03. The molecule has 1 N–H and O–H groups in total. The minimum Gasteiger partial charge on any atom is -0.346 e. The van der Waals surface area contributed by atoms with E-state index in [2.05, 4.69) is 54.1 Å². The quantitative estimate of drug-likeness (QED) is 0.363. The first-order chi connectivity index (χ1) is 15.4. The Bertz CT molecular complexity index is 1210. The lowest BCUT2D eigenvalue weighted by atomic mass is 10.0. The van der Waals surface area contributed by atoms with Crippen molar-refractivity contribution >= 4 is 28.5 Å². The number of fused-ring (bicyclic) bond motifs is 1. The van der Waals surface area contributed by atoms with Gasteiger partial charge in [-0.2, -0.15) is 0 Å². The van der Waals surface area contributed by atoms with E-state index in [9.17, 15) is 4.79 Å². The highest BCUT2D eigenvalue weighted by molar-refractivity contribution is 6.30. The Hall–Kier alpha value is -3.11. The van der Waals surface area contributed by atoms with Gasteiger partial charge in [-0.3, -0.25) is 4.79 Å².